The van der Waals surface area contributed by atoms with Gasteiger partial charge < -0.3 is 10.8 Å². The van der Waals surface area contributed by atoms with E-state index < -0.39 is 24.3 Å². The Labute approximate surface area is 93.1 Å². The van der Waals surface area contributed by atoms with Crippen LogP contribution in [0.3, 0.4) is 0 Å². The molecule has 0 amide bonds. The predicted molar refractivity (Wildman–Crippen MR) is 57.6 cm³/mol. The molecule has 1 saturated carbocycles. The van der Waals surface area contributed by atoms with E-state index in [1.807, 2.05) is 13.8 Å². The van der Waals surface area contributed by atoms with Crippen LogP contribution in [0.15, 0.2) is 12.1 Å². The third-order valence-electron chi connectivity index (χ3n) is 3.30. The van der Waals surface area contributed by atoms with E-state index in [0.29, 0.717) is 5.56 Å². The van der Waals surface area contributed by atoms with Crippen LogP contribution in [0.1, 0.15) is 29.5 Å². The normalized spacial score (nSPS) is 21.6. The molecule has 0 bridgehead atoms. The molecule has 3 N–H and O–H groups in total. The Hall–Kier alpha value is -1.16. The van der Waals surface area contributed by atoms with Gasteiger partial charge in [-0.3, -0.25) is 0 Å². The summed E-state index contributed by atoms with van der Waals surface area (Å²) in [7, 11) is 0. The van der Waals surface area contributed by atoms with Gasteiger partial charge in [-0.25, -0.2) is 8.78 Å². The average molecular weight is 227 g/mol. The number of phenols is 1. The first-order valence-corrected chi connectivity index (χ1v) is 5.21. The first kappa shape index (κ1) is 11.3. The molecule has 1 aromatic carbocycles. The van der Waals surface area contributed by atoms with Crippen molar-refractivity contribution in [2.75, 3.05) is 0 Å². The van der Waals surface area contributed by atoms with E-state index in [1.165, 1.54) is 0 Å². The van der Waals surface area contributed by atoms with Gasteiger partial charge >= 0.3 is 0 Å². The van der Waals surface area contributed by atoms with Crippen molar-refractivity contribution in [1.29, 1.82) is 0 Å². The number of halogens is 2. The van der Waals surface area contributed by atoms with Crippen LogP contribution in [0.5, 0.6) is 5.75 Å². The molecular weight excluding hydrogens is 212 g/mol. The number of nitrogens with two attached hydrogens (primary N) is 1. The maximum Gasteiger partial charge on any atom is 0.252 e. The highest BCUT2D eigenvalue weighted by Gasteiger charge is 2.56. The molecule has 0 saturated heterocycles. The molecule has 0 aromatic heterocycles. The van der Waals surface area contributed by atoms with Crippen LogP contribution in [0.25, 0.3) is 0 Å². The van der Waals surface area contributed by atoms with Crippen molar-refractivity contribution in [1.82, 2.24) is 0 Å². The molecule has 0 aliphatic heterocycles. The van der Waals surface area contributed by atoms with Gasteiger partial charge in [0.25, 0.3) is 5.92 Å². The Bertz CT molecular complexity index is 435. The second kappa shape index (κ2) is 3.17. The quantitative estimate of drug-likeness (QED) is 0.774. The fourth-order valence-electron chi connectivity index (χ4n) is 2.26. The Balaban J connectivity index is 2.39. The molecule has 1 aliphatic carbocycles. The molecule has 1 aliphatic rings. The maximum absolute atomic E-state index is 12.9. The van der Waals surface area contributed by atoms with Gasteiger partial charge in [0, 0.05) is 18.4 Å². The van der Waals surface area contributed by atoms with E-state index >= 15 is 0 Å². The molecule has 2 rings (SSSR count). The lowest BCUT2D eigenvalue weighted by molar-refractivity contribution is -0.125. The summed E-state index contributed by atoms with van der Waals surface area (Å²) in [4.78, 5) is 0. The molecule has 2 nitrogen and oxygen atoms in total. The number of aryl methyl sites for hydroxylation is 2. The Morgan fingerprint density at radius 1 is 1.19 bits per heavy atom. The molecule has 0 radical (unpaired) electrons. The van der Waals surface area contributed by atoms with Gasteiger partial charge in [-0.15, -0.1) is 0 Å². The van der Waals surface area contributed by atoms with Crippen molar-refractivity contribution in [3.05, 3.63) is 28.8 Å². The summed E-state index contributed by atoms with van der Waals surface area (Å²) in [6, 6.07) is 3.29. The van der Waals surface area contributed by atoms with E-state index in [2.05, 4.69) is 0 Å². The standard InChI is InChI=1S/C12H15F2NO/c1-7-3-9(10(16)4-8(7)2)11(15)5-12(13,14)6-11/h3-4,16H,5-6,15H2,1-2H3. The van der Waals surface area contributed by atoms with Crippen LogP contribution in [0, 0.1) is 13.8 Å². The van der Waals surface area contributed by atoms with Crippen LogP contribution >= 0.6 is 0 Å². The minimum Gasteiger partial charge on any atom is -0.508 e. The van der Waals surface area contributed by atoms with Crippen LogP contribution < -0.4 is 5.73 Å². The molecule has 1 aromatic rings. The highest BCUT2D eigenvalue weighted by Crippen LogP contribution is 2.52. The SMILES string of the molecule is Cc1cc(O)c(C2(N)CC(F)(F)C2)cc1C. The highest BCUT2D eigenvalue weighted by molar-refractivity contribution is 5.46. The van der Waals surface area contributed by atoms with Crippen molar-refractivity contribution in [3.63, 3.8) is 0 Å². The number of hydrogen-bond acceptors (Lipinski definition) is 2. The summed E-state index contributed by atoms with van der Waals surface area (Å²) in [5.41, 5.74) is 7.11. The van der Waals surface area contributed by atoms with Gasteiger partial charge in [-0.2, -0.15) is 0 Å². The van der Waals surface area contributed by atoms with Crippen LogP contribution in [0.2, 0.25) is 0 Å². The number of alkyl halides is 2. The molecule has 0 spiro atoms. The molecule has 0 unspecified atom stereocenters. The minimum absolute atomic E-state index is 0.0149. The summed E-state index contributed by atoms with van der Waals surface area (Å²) in [5.74, 6) is -2.68. The van der Waals surface area contributed by atoms with Gasteiger partial charge in [-0.05, 0) is 31.0 Å². The van der Waals surface area contributed by atoms with E-state index in [4.69, 9.17) is 5.73 Å². The summed E-state index contributed by atoms with van der Waals surface area (Å²) in [6.07, 6.45) is -0.786. The van der Waals surface area contributed by atoms with Gasteiger partial charge in [-0.1, -0.05) is 6.07 Å². The smallest absolute Gasteiger partial charge is 0.252 e. The second-order valence-electron chi connectivity index (χ2n) is 4.82. The Kier molecular flexibility index (Phi) is 2.24. The third-order valence-corrected chi connectivity index (χ3v) is 3.30. The zero-order valence-corrected chi connectivity index (χ0v) is 9.35. The van der Waals surface area contributed by atoms with Crippen molar-refractivity contribution in [2.45, 2.75) is 38.2 Å². The van der Waals surface area contributed by atoms with Gasteiger partial charge in [0.1, 0.15) is 5.75 Å². The zero-order valence-electron chi connectivity index (χ0n) is 9.35. The van der Waals surface area contributed by atoms with Crippen molar-refractivity contribution in [3.8, 4) is 5.75 Å². The summed E-state index contributed by atoms with van der Waals surface area (Å²) in [5, 5.41) is 9.76. The van der Waals surface area contributed by atoms with Gasteiger partial charge in [0.15, 0.2) is 0 Å². The van der Waals surface area contributed by atoms with E-state index in [0.717, 1.165) is 11.1 Å². The average Bonchev–Trinajstić information content (AvgIpc) is 2.07. The van der Waals surface area contributed by atoms with Crippen LogP contribution in [0.4, 0.5) is 8.78 Å². The van der Waals surface area contributed by atoms with Gasteiger partial charge in [0.05, 0.1) is 5.54 Å². The first-order chi connectivity index (χ1) is 7.23. The maximum atomic E-state index is 12.9. The third kappa shape index (κ3) is 1.67. The molecule has 4 heteroatoms. The zero-order chi connectivity index (χ0) is 12.1. The number of benzene rings is 1. The molecule has 88 valence electrons. The van der Waals surface area contributed by atoms with Crippen molar-refractivity contribution >= 4 is 0 Å². The lowest BCUT2D eigenvalue weighted by atomic mass is 9.69. The fraction of sp³-hybridized carbons (Fsp3) is 0.500. The van der Waals surface area contributed by atoms with E-state index in [9.17, 15) is 13.9 Å². The summed E-state index contributed by atoms with van der Waals surface area (Å²) < 4.78 is 25.7. The molecule has 16 heavy (non-hydrogen) atoms. The largest absolute Gasteiger partial charge is 0.508 e. The molecule has 0 heterocycles. The van der Waals surface area contributed by atoms with E-state index in [-0.39, 0.29) is 5.75 Å². The first-order valence-electron chi connectivity index (χ1n) is 5.21. The predicted octanol–water partition coefficient (Wildman–Crippen LogP) is 2.59. The monoisotopic (exact) mass is 227 g/mol. The van der Waals surface area contributed by atoms with Crippen molar-refractivity contribution < 1.29 is 13.9 Å². The topological polar surface area (TPSA) is 46.2 Å². The minimum atomic E-state index is -2.69. The second-order valence-corrected chi connectivity index (χ2v) is 4.82. The lowest BCUT2D eigenvalue weighted by Crippen LogP contribution is -2.55. The number of phenolic OH excluding ortho intramolecular Hbond substituents is 1. The summed E-state index contributed by atoms with van der Waals surface area (Å²) in [6.45, 7) is 3.73. The van der Waals surface area contributed by atoms with Crippen molar-refractivity contribution in [2.24, 2.45) is 5.73 Å². The van der Waals surface area contributed by atoms with Crippen LogP contribution in [-0.2, 0) is 5.54 Å². The number of hydrogen-bond donors (Lipinski definition) is 2. The van der Waals surface area contributed by atoms with Crippen LogP contribution in [-0.4, -0.2) is 11.0 Å². The highest BCUT2D eigenvalue weighted by atomic mass is 19.3. The lowest BCUT2D eigenvalue weighted by Gasteiger charge is -2.45. The fourth-order valence-corrected chi connectivity index (χ4v) is 2.26. The number of aromatic hydroxyl groups is 1. The Morgan fingerprint density at radius 2 is 1.69 bits per heavy atom. The van der Waals surface area contributed by atoms with E-state index in [1.54, 1.807) is 12.1 Å². The Morgan fingerprint density at radius 3 is 2.19 bits per heavy atom. The van der Waals surface area contributed by atoms with Gasteiger partial charge in [0.2, 0.25) is 0 Å². The molecule has 1 fully saturated rings. The molecular formula is C12H15F2NO. The molecule has 0 atom stereocenters. The summed E-state index contributed by atoms with van der Waals surface area (Å²) >= 11 is 0. The number of rotatable bonds is 1.